The van der Waals surface area contributed by atoms with Crippen molar-refractivity contribution in [3.8, 4) is 0 Å². The topological polar surface area (TPSA) is 40.5 Å². The maximum absolute atomic E-state index is 11.2. The van der Waals surface area contributed by atoms with Crippen LogP contribution in [0.4, 0.5) is 0 Å². The highest BCUT2D eigenvalue weighted by molar-refractivity contribution is 5.59. The molecule has 0 saturated carbocycles. The van der Waals surface area contributed by atoms with Crippen molar-refractivity contribution in [2.24, 2.45) is 5.41 Å². The molecule has 92 valence electrons. The number of aliphatic hydroxyl groups is 1. The summed E-state index contributed by atoms with van der Waals surface area (Å²) in [6.07, 6.45) is 6.08. The van der Waals surface area contributed by atoms with Gasteiger partial charge in [0.15, 0.2) is 0 Å². The molecule has 0 spiro atoms. The third-order valence-electron chi connectivity index (χ3n) is 4.50. The third kappa shape index (κ3) is 2.16. The van der Waals surface area contributed by atoms with Crippen LogP contribution in [0.1, 0.15) is 46.0 Å². The Morgan fingerprint density at radius 1 is 1.38 bits per heavy atom. The van der Waals surface area contributed by atoms with E-state index in [0.717, 1.165) is 32.1 Å². The first-order chi connectivity index (χ1) is 7.58. The minimum atomic E-state index is -0.205. The smallest absolute Gasteiger partial charge is 0.127 e. The molecule has 2 rings (SSSR count). The molecule has 3 heteroatoms. The van der Waals surface area contributed by atoms with Gasteiger partial charge in [0.05, 0.1) is 6.10 Å². The molecule has 2 saturated heterocycles. The summed E-state index contributed by atoms with van der Waals surface area (Å²) in [5.74, 6) is 0. The Labute approximate surface area is 97.8 Å². The van der Waals surface area contributed by atoms with Crippen molar-refractivity contribution in [2.45, 2.75) is 64.1 Å². The predicted molar refractivity (Wildman–Crippen MR) is 63.2 cm³/mol. The Bertz CT molecular complexity index is 255. The zero-order valence-corrected chi connectivity index (χ0v) is 10.4. The lowest BCUT2D eigenvalue weighted by Crippen LogP contribution is -2.49. The third-order valence-corrected chi connectivity index (χ3v) is 4.50. The summed E-state index contributed by atoms with van der Waals surface area (Å²) in [6, 6.07) is 1.03. The summed E-state index contributed by atoms with van der Waals surface area (Å²) in [7, 11) is 0. The van der Waals surface area contributed by atoms with Crippen molar-refractivity contribution < 1.29 is 9.90 Å². The fraction of sp³-hybridized carbons (Fsp3) is 0.923. The number of hydrogen-bond donors (Lipinski definition) is 1. The lowest BCUT2D eigenvalue weighted by Gasteiger charge is -2.40. The Morgan fingerprint density at radius 2 is 1.94 bits per heavy atom. The van der Waals surface area contributed by atoms with Crippen molar-refractivity contribution in [3.63, 3.8) is 0 Å². The highest BCUT2D eigenvalue weighted by atomic mass is 16.3. The second kappa shape index (κ2) is 4.46. The maximum atomic E-state index is 11.2. The van der Waals surface area contributed by atoms with Gasteiger partial charge >= 0.3 is 0 Å². The monoisotopic (exact) mass is 225 g/mol. The molecule has 0 aromatic carbocycles. The molecule has 2 heterocycles. The predicted octanol–water partition coefficient (Wildman–Crippen LogP) is 1.59. The first-order valence-corrected chi connectivity index (χ1v) is 6.48. The summed E-state index contributed by atoms with van der Waals surface area (Å²) in [4.78, 5) is 13.6. The molecule has 0 aromatic heterocycles. The largest absolute Gasteiger partial charge is 0.393 e. The fourth-order valence-corrected chi connectivity index (χ4v) is 3.15. The summed E-state index contributed by atoms with van der Waals surface area (Å²) in [6.45, 7) is 4.99. The number of nitrogens with zero attached hydrogens (tertiary/aromatic N) is 1. The fourth-order valence-electron chi connectivity index (χ4n) is 3.15. The molecule has 0 amide bonds. The molecule has 0 aliphatic carbocycles. The van der Waals surface area contributed by atoms with Crippen molar-refractivity contribution >= 4 is 6.29 Å². The Balaban J connectivity index is 2.03. The molecule has 2 bridgehead atoms. The lowest BCUT2D eigenvalue weighted by molar-refractivity contribution is -0.117. The molecule has 16 heavy (non-hydrogen) atoms. The van der Waals surface area contributed by atoms with Gasteiger partial charge in [0.25, 0.3) is 0 Å². The molecule has 0 radical (unpaired) electrons. The molecule has 3 nitrogen and oxygen atoms in total. The number of aldehydes is 1. The van der Waals surface area contributed by atoms with Crippen LogP contribution in [-0.4, -0.2) is 41.0 Å². The maximum Gasteiger partial charge on any atom is 0.127 e. The van der Waals surface area contributed by atoms with Gasteiger partial charge in [0, 0.05) is 24.0 Å². The molecule has 2 aliphatic heterocycles. The van der Waals surface area contributed by atoms with Gasteiger partial charge in [-0.15, -0.1) is 0 Å². The number of fused-ring (bicyclic) bond motifs is 2. The van der Waals surface area contributed by atoms with Gasteiger partial charge in [-0.2, -0.15) is 0 Å². The zero-order valence-electron chi connectivity index (χ0n) is 10.4. The molecular formula is C13H23NO2. The molecule has 1 N–H and O–H groups in total. The zero-order chi connectivity index (χ0) is 11.8. The summed E-state index contributed by atoms with van der Waals surface area (Å²) in [5, 5.41) is 9.72. The Hall–Kier alpha value is -0.410. The van der Waals surface area contributed by atoms with Gasteiger partial charge < -0.3 is 9.90 Å². The van der Waals surface area contributed by atoms with Crippen LogP contribution in [0.5, 0.6) is 0 Å². The Kier molecular flexibility index (Phi) is 3.36. The summed E-state index contributed by atoms with van der Waals surface area (Å²) >= 11 is 0. The van der Waals surface area contributed by atoms with E-state index < -0.39 is 0 Å². The summed E-state index contributed by atoms with van der Waals surface area (Å²) in [5.41, 5.74) is -0.205. The van der Waals surface area contributed by atoms with Gasteiger partial charge in [-0.1, -0.05) is 13.8 Å². The second-order valence-electron chi connectivity index (χ2n) is 5.81. The van der Waals surface area contributed by atoms with Crippen LogP contribution in [0, 0.1) is 5.41 Å². The molecule has 3 unspecified atom stereocenters. The summed E-state index contributed by atoms with van der Waals surface area (Å²) < 4.78 is 0. The van der Waals surface area contributed by atoms with E-state index in [1.165, 1.54) is 12.8 Å². The van der Waals surface area contributed by atoms with Crippen LogP contribution in [0.2, 0.25) is 0 Å². The van der Waals surface area contributed by atoms with Gasteiger partial charge in [0.1, 0.15) is 6.29 Å². The molecular weight excluding hydrogens is 202 g/mol. The van der Waals surface area contributed by atoms with Crippen LogP contribution in [0.15, 0.2) is 0 Å². The number of piperidine rings is 1. The molecule has 0 aromatic rings. The lowest BCUT2D eigenvalue weighted by atomic mass is 9.86. The Morgan fingerprint density at radius 3 is 2.38 bits per heavy atom. The van der Waals surface area contributed by atoms with Crippen molar-refractivity contribution in [3.05, 3.63) is 0 Å². The van der Waals surface area contributed by atoms with Crippen molar-refractivity contribution in [1.82, 2.24) is 4.90 Å². The number of carbonyl (C=O) groups excluding carboxylic acids is 1. The molecule has 2 fully saturated rings. The highest BCUT2D eigenvalue weighted by Crippen LogP contribution is 2.38. The van der Waals surface area contributed by atoms with Crippen LogP contribution >= 0.6 is 0 Å². The van der Waals surface area contributed by atoms with Crippen molar-refractivity contribution in [1.29, 1.82) is 0 Å². The highest BCUT2D eigenvalue weighted by Gasteiger charge is 2.42. The molecule has 2 aliphatic rings. The van der Waals surface area contributed by atoms with Crippen molar-refractivity contribution in [2.75, 3.05) is 6.54 Å². The number of hydrogen-bond acceptors (Lipinski definition) is 3. The molecule has 3 atom stereocenters. The number of rotatable bonds is 4. The van der Waals surface area contributed by atoms with Gasteiger partial charge in [-0.3, -0.25) is 4.90 Å². The second-order valence-corrected chi connectivity index (χ2v) is 5.81. The number of aliphatic hydroxyl groups excluding tert-OH is 1. The van der Waals surface area contributed by atoms with Gasteiger partial charge in [-0.05, 0) is 32.1 Å². The van der Waals surface area contributed by atoms with E-state index in [1.807, 2.05) is 6.92 Å². The van der Waals surface area contributed by atoms with E-state index in [4.69, 9.17) is 0 Å². The minimum absolute atomic E-state index is 0.113. The quantitative estimate of drug-likeness (QED) is 0.739. The minimum Gasteiger partial charge on any atom is -0.393 e. The average molecular weight is 225 g/mol. The average Bonchev–Trinajstić information content (AvgIpc) is 2.52. The van der Waals surface area contributed by atoms with E-state index in [0.29, 0.717) is 12.1 Å². The normalized spacial score (nSPS) is 38.3. The van der Waals surface area contributed by atoms with E-state index in [2.05, 4.69) is 11.8 Å². The van der Waals surface area contributed by atoms with Crippen LogP contribution in [0.25, 0.3) is 0 Å². The van der Waals surface area contributed by atoms with Gasteiger partial charge in [0.2, 0.25) is 0 Å². The first kappa shape index (κ1) is 12.1. The van der Waals surface area contributed by atoms with E-state index >= 15 is 0 Å². The number of carbonyl (C=O) groups is 1. The van der Waals surface area contributed by atoms with Gasteiger partial charge in [-0.25, -0.2) is 0 Å². The first-order valence-electron chi connectivity index (χ1n) is 6.48. The van der Waals surface area contributed by atoms with E-state index in [9.17, 15) is 9.90 Å². The van der Waals surface area contributed by atoms with Crippen LogP contribution < -0.4 is 0 Å². The standard InChI is InChI=1S/C13H23NO2/c1-3-13(2,9-15)8-14-10-4-5-11(14)7-12(16)6-10/h9-12,16H,3-8H2,1-2H3. The van der Waals surface area contributed by atoms with E-state index in [-0.39, 0.29) is 11.5 Å². The van der Waals surface area contributed by atoms with E-state index in [1.54, 1.807) is 0 Å². The SMILES string of the molecule is CCC(C)(C=O)CN1C2CCC1CC(O)C2. The van der Waals surface area contributed by atoms with Crippen LogP contribution in [0.3, 0.4) is 0 Å². The van der Waals surface area contributed by atoms with Crippen LogP contribution in [-0.2, 0) is 4.79 Å².